The molecule has 0 heterocycles. The quantitative estimate of drug-likeness (QED) is 0.794. The molecule has 0 saturated heterocycles. The molecule has 4 heteroatoms. The summed E-state index contributed by atoms with van der Waals surface area (Å²) >= 11 is 0. The van der Waals surface area contributed by atoms with Crippen LogP contribution in [0, 0.1) is 0 Å². The van der Waals surface area contributed by atoms with Crippen molar-refractivity contribution in [3.63, 3.8) is 0 Å². The van der Waals surface area contributed by atoms with Gasteiger partial charge in [-0.05, 0) is 51.4 Å². The Hall–Kier alpha value is -1.55. The van der Waals surface area contributed by atoms with Gasteiger partial charge < -0.3 is 15.8 Å². The Morgan fingerprint density at radius 3 is 2.79 bits per heavy atom. The summed E-state index contributed by atoms with van der Waals surface area (Å²) in [4.78, 5) is 12.2. The molecule has 1 aromatic rings. The van der Waals surface area contributed by atoms with Crippen LogP contribution < -0.4 is 15.8 Å². The Kier molecular flexibility index (Phi) is 5.83. The second kappa shape index (κ2) is 7.14. The number of hydrogen-bond acceptors (Lipinski definition) is 3. The first-order valence-corrected chi connectivity index (χ1v) is 6.74. The number of hydrogen-bond donors (Lipinski definition) is 2. The molecule has 1 amide bonds. The number of amides is 1. The molecule has 4 nitrogen and oxygen atoms in total. The molecule has 0 spiro atoms. The molecule has 0 aliphatic heterocycles. The minimum atomic E-state index is -0.299. The van der Waals surface area contributed by atoms with E-state index in [0.29, 0.717) is 18.7 Å². The van der Waals surface area contributed by atoms with Crippen LogP contribution in [0.25, 0.3) is 0 Å². The van der Waals surface area contributed by atoms with Crippen molar-refractivity contribution in [2.45, 2.75) is 39.2 Å². The van der Waals surface area contributed by atoms with Crippen LogP contribution in [0.4, 0.5) is 0 Å². The zero-order valence-corrected chi connectivity index (χ0v) is 12.0. The summed E-state index contributed by atoms with van der Waals surface area (Å²) in [7, 11) is 0. The van der Waals surface area contributed by atoms with Crippen molar-refractivity contribution in [3.05, 3.63) is 29.8 Å². The fourth-order valence-electron chi connectivity index (χ4n) is 1.75. The topological polar surface area (TPSA) is 64.3 Å². The van der Waals surface area contributed by atoms with Crippen LogP contribution in [0.3, 0.4) is 0 Å². The lowest BCUT2D eigenvalue weighted by Crippen LogP contribution is -2.44. The lowest BCUT2D eigenvalue weighted by atomic mass is 10.00. The molecule has 19 heavy (non-hydrogen) atoms. The first kappa shape index (κ1) is 15.5. The van der Waals surface area contributed by atoms with Gasteiger partial charge in [-0.2, -0.15) is 0 Å². The first-order valence-electron chi connectivity index (χ1n) is 6.74. The van der Waals surface area contributed by atoms with E-state index in [4.69, 9.17) is 10.5 Å². The van der Waals surface area contributed by atoms with E-state index < -0.39 is 0 Å². The van der Waals surface area contributed by atoms with E-state index >= 15 is 0 Å². The average molecular weight is 264 g/mol. The third-order valence-electron chi connectivity index (χ3n) is 2.79. The van der Waals surface area contributed by atoms with Crippen LogP contribution in [0.1, 0.15) is 44.0 Å². The lowest BCUT2D eigenvalue weighted by molar-refractivity contribution is 0.0910. The van der Waals surface area contributed by atoms with Gasteiger partial charge in [-0.1, -0.05) is 13.0 Å². The van der Waals surface area contributed by atoms with Gasteiger partial charge in [0, 0.05) is 11.1 Å². The fraction of sp³-hybridized carbons (Fsp3) is 0.533. The minimum Gasteiger partial charge on any atom is -0.494 e. The Morgan fingerprint density at radius 2 is 2.16 bits per heavy atom. The summed E-state index contributed by atoms with van der Waals surface area (Å²) in [6.45, 7) is 7.19. The zero-order chi connectivity index (χ0) is 14.3. The van der Waals surface area contributed by atoms with E-state index in [0.717, 1.165) is 18.6 Å². The molecule has 106 valence electrons. The maximum atomic E-state index is 12.2. The normalized spacial score (nSPS) is 11.2. The second-order valence-corrected chi connectivity index (χ2v) is 5.25. The van der Waals surface area contributed by atoms with Gasteiger partial charge in [0.1, 0.15) is 5.75 Å². The molecule has 0 radical (unpaired) electrons. The molecule has 0 bridgehead atoms. The van der Waals surface area contributed by atoms with Gasteiger partial charge in [0.2, 0.25) is 0 Å². The minimum absolute atomic E-state index is 0.0969. The van der Waals surface area contributed by atoms with Gasteiger partial charge in [-0.3, -0.25) is 4.79 Å². The average Bonchev–Trinajstić information content (AvgIpc) is 2.36. The van der Waals surface area contributed by atoms with Crippen LogP contribution in [-0.2, 0) is 0 Å². The van der Waals surface area contributed by atoms with Crippen LogP contribution >= 0.6 is 0 Å². The first-order chi connectivity index (χ1) is 8.98. The molecular formula is C15H24N2O2. The number of nitrogens with one attached hydrogen (secondary N) is 1. The van der Waals surface area contributed by atoms with Crippen LogP contribution in [0.5, 0.6) is 5.75 Å². The maximum absolute atomic E-state index is 12.2. The molecular weight excluding hydrogens is 240 g/mol. The molecule has 0 aliphatic rings. The Labute approximate surface area is 115 Å². The van der Waals surface area contributed by atoms with Gasteiger partial charge in [0.25, 0.3) is 5.91 Å². The Balaban J connectivity index is 2.71. The summed E-state index contributed by atoms with van der Waals surface area (Å²) in [6.07, 6.45) is 1.69. The number of ether oxygens (including phenoxy) is 1. The van der Waals surface area contributed by atoms with Gasteiger partial charge in [-0.15, -0.1) is 0 Å². The highest BCUT2D eigenvalue weighted by Crippen LogP contribution is 2.15. The SMILES string of the molecule is CCCOc1cccc(C(=O)NC(C)(C)CCN)c1. The predicted molar refractivity (Wildman–Crippen MR) is 77.4 cm³/mol. The lowest BCUT2D eigenvalue weighted by Gasteiger charge is -2.25. The van der Waals surface area contributed by atoms with Crippen molar-refractivity contribution < 1.29 is 9.53 Å². The van der Waals surface area contributed by atoms with E-state index in [-0.39, 0.29) is 11.4 Å². The molecule has 0 atom stereocenters. The van der Waals surface area contributed by atoms with Gasteiger partial charge in [0.05, 0.1) is 6.61 Å². The van der Waals surface area contributed by atoms with Crippen molar-refractivity contribution in [2.24, 2.45) is 5.73 Å². The number of rotatable bonds is 7. The number of carbonyl (C=O) groups is 1. The highest BCUT2D eigenvalue weighted by Gasteiger charge is 2.20. The summed E-state index contributed by atoms with van der Waals surface area (Å²) in [5.74, 6) is 0.631. The van der Waals surface area contributed by atoms with E-state index in [1.807, 2.05) is 32.9 Å². The maximum Gasteiger partial charge on any atom is 0.251 e. The summed E-state index contributed by atoms with van der Waals surface area (Å²) in [5.41, 5.74) is 5.85. The Bertz CT molecular complexity index is 416. The Morgan fingerprint density at radius 1 is 1.42 bits per heavy atom. The summed E-state index contributed by atoms with van der Waals surface area (Å²) in [6, 6.07) is 7.24. The van der Waals surface area contributed by atoms with Gasteiger partial charge >= 0.3 is 0 Å². The fourth-order valence-corrected chi connectivity index (χ4v) is 1.75. The molecule has 0 fully saturated rings. The van der Waals surface area contributed by atoms with Crippen molar-refractivity contribution in [2.75, 3.05) is 13.2 Å². The zero-order valence-electron chi connectivity index (χ0n) is 12.0. The number of carbonyl (C=O) groups excluding carboxylic acids is 1. The van der Waals surface area contributed by atoms with E-state index in [1.165, 1.54) is 0 Å². The molecule has 3 N–H and O–H groups in total. The van der Waals surface area contributed by atoms with Gasteiger partial charge in [0.15, 0.2) is 0 Å². The van der Waals surface area contributed by atoms with E-state index in [1.54, 1.807) is 12.1 Å². The highest BCUT2D eigenvalue weighted by molar-refractivity contribution is 5.95. The standard InChI is InChI=1S/C15H24N2O2/c1-4-10-19-13-7-5-6-12(11-13)14(18)17-15(2,3)8-9-16/h5-7,11H,4,8-10,16H2,1-3H3,(H,17,18). The summed E-state index contributed by atoms with van der Waals surface area (Å²) in [5, 5.41) is 2.98. The highest BCUT2D eigenvalue weighted by atomic mass is 16.5. The molecule has 1 aromatic carbocycles. The largest absolute Gasteiger partial charge is 0.494 e. The van der Waals surface area contributed by atoms with Crippen LogP contribution in [0.2, 0.25) is 0 Å². The monoisotopic (exact) mass is 264 g/mol. The van der Waals surface area contributed by atoms with E-state index in [9.17, 15) is 4.79 Å². The third kappa shape index (κ3) is 5.30. The number of nitrogens with two attached hydrogens (primary N) is 1. The van der Waals surface area contributed by atoms with Crippen molar-refractivity contribution in [3.8, 4) is 5.75 Å². The van der Waals surface area contributed by atoms with Crippen molar-refractivity contribution in [1.29, 1.82) is 0 Å². The molecule has 1 rings (SSSR count). The van der Waals surface area contributed by atoms with Gasteiger partial charge in [-0.25, -0.2) is 0 Å². The van der Waals surface area contributed by atoms with Crippen LogP contribution in [0.15, 0.2) is 24.3 Å². The van der Waals surface area contributed by atoms with Crippen molar-refractivity contribution >= 4 is 5.91 Å². The van der Waals surface area contributed by atoms with Crippen molar-refractivity contribution in [1.82, 2.24) is 5.32 Å². The predicted octanol–water partition coefficient (Wildman–Crippen LogP) is 2.33. The molecule has 0 saturated carbocycles. The summed E-state index contributed by atoms with van der Waals surface area (Å²) < 4.78 is 5.52. The molecule has 0 aromatic heterocycles. The molecule has 0 aliphatic carbocycles. The number of benzene rings is 1. The molecule has 0 unspecified atom stereocenters. The van der Waals surface area contributed by atoms with Crippen LogP contribution in [-0.4, -0.2) is 24.6 Å². The third-order valence-corrected chi connectivity index (χ3v) is 2.79. The second-order valence-electron chi connectivity index (χ2n) is 5.25. The van der Waals surface area contributed by atoms with E-state index in [2.05, 4.69) is 5.32 Å². The smallest absolute Gasteiger partial charge is 0.251 e.